The van der Waals surface area contributed by atoms with Crippen LogP contribution in [0.5, 0.6) is 0 Å². The first-order chi connectivity index (χ1) is 14.6. The molecule has 0 aliphatic rings. The summed E-state index contributed by atoms with van der Waals surface area (Å²) in [7, 11) is -4.41. The average Bonchev–Trinajstić information content (AvgIpc) is 3.04. The predicted molar refractivity (Wildman–Crippen MR) is 110 cm³/mol. The van der Waals surface area contributed by atoms with E-state index in [9.17, 15) is 14.5 Å². The highest BCUT2D eigenvalue weighted by atomic mass is 32.1. The van der Waals surface area contributed by atoms with Crippen molar-refractivity contribution in [1.82, 2.24) is 15.0 Å². The second-order valence-electron chi connectivity index (χ2n) is 6.29. The molecule has 3 rings (SSSR count). The molecular weight excluding hydrogens is 445 g/mol. The first kappa shape index (κ1) is 24.5. The number of rotatable bonds is 7. The summed E-state index contributed by atoms with van der Waals surface area (Å²) in [5, 5.41) is 10.0. The zero-order chi connectivity index (χ0) is 23.0. The van der Waals surface area contributed by atoms with E-state index in [1.807, 2.05) is 17.0 Å². The van der Waals surface area contributed by atoms with E-state index in [2.05, 4.69) is 19.5 Å². The lowest BCUT2D eigenvalue weighted by Crippen LogP contribution is -2.35. The molecule has 0 unspecified atom stereocenters. The smallest absolute Gasteiger partial charge is 0.469 e. The molecule has 0 aliphatic heterocycles. The average molecular weight is 467 g/mol. The number of pyridine rings is 1. The number of carbonyl (C=O) groups excluding carboxylic acids is 1. The van der Waals surface area contributed by atoms with Crippen molar-refractivity contribution in [1.29, 1.82) is 0 Å². The summed E-state index contributed by atoms with van der Waals surface area (Å²) in [6.07, 6.45) is 4.90. The molecule has 13 heteroatoms. The van der Waals surface area contributed by atoms with Crippen LogP contribution in [0, 0.1) is 13.8 Å². The Morgan fingerprint density at radius 2 is 2.10 bits per heavy atom. The minimum absolute atomic E-state index is 0.0264. The molecule has 11 nitrogen and oxygen atoms in total. The van der Waals surface area contributed by atoms with Gasteiger partial charge in [0.2, 0.25) is 5.51 Å². The van der Waals surface area contributed by atoms with Crippen molar-refractivity contribution in [3.05, 3.63) is 63.8 Å². The van der Waals surface area contributed by atoms with Crippen LogP contribution in [0.3, 0.4) is 0 Å². The standard InChI is InChI=1S/C12H17N4O4PS.C6H5NO2/c1-8-11(3-4-20-21(17,18)19)22-7-16(8)6-10-5-14-9(2)15-12(10)13;8-6(9)5-2-1-3-7-4-5/h5,7H,3-4,6H2,1-2H3,(H3-,13,14,15,17,18,19);1-4H,(H,8,9). The summed E-state index contributed by atoms with van der Waals surface area (Å²) in [5.74, 6) is -0.108. The number of carboxylic acid groups (broad SMARTS) is 1. The van der Waals surface area contributed by atoms with Crippen LogP contribution in [0.25, 0.3) is 0 Å². The summed E-state index contributed by atoms with van der Waals surface area (Å²) in [4.78, 5) is 40.3. The third-order valence-corrected chi connectivity index (χ3v) is 5.66. The van der Waals surface area contributed by atoms with Crippen LogP contribution in [0.4, 0.5) is 5.82 Å². The molecule has 166 valence electrons. The van der Waals surface area contributed by atoms with Crippen LogP contribution in [0.15, 0.2) is 36.2 Å². The fourth-order valence-corrected chi connectivity index (χ4v) is 3.71. The van der Waals surface area contributed by atoms with E-state index in [1.165, 1.54) is 29.8 Å². The van der Waals surface area contributed by atoms with Gasteiger partial charge in [0.05, 0.1) is 23.0 Å². The Balaban J connectivity index is 0.000000316. The number of aromatic carboxylic acids is 1. The van der Waals surface area contributed by atoms with E-state index in [4.69, 9.17) is 15.5 Å². The van der Waals surface area contributed by atoms with E-state index < -0.39 is 13.8 Å². The minimum atomic E-state index is -4.41. The molecule has 0 saturated heterocycles. The quantitative estimate of drug-likeness (QED) is 0.321. The number of nitrogens with two attached hydrogens (primary N) is 1. The number of phosphoric acid groups is 1. The summed E-state index contributed by atoms with van der Waals surface area (Å²) >= 11 is 1.50. The topological polar surface area (TPSA) is 175 Å². The van der Waals surface area contributed by atoms with Crippen molar-refractivity contribution in [3.8, 4) is 0 Å². The number of hydrogen-bond donors (Lipinski definition) is 3. The maximum absolute atomic E-state index is 10.7. The number of aromatic nitrogens is 4. The molecule has 3 aromatic rings. The minimum Gasteiger partial charge on any atom is -0.545 e. The van der Waals surface area contributed by atoms with Crippen molar-refractivity contribution in [2.24, 2.45) is 0 Å². The van der Waals surface area contributed by atoms with E-state index in [0.717, 1.165) is 16.1 Å². The van der Waals surface area contributed by atoms with Crippen molar-refractivity contribution in [3.63, 3.8) is 0 Å². The molecular formula is C18H22N5O6PS. The maximum Gasteiger partial charge on any atom is 0.469 e. The Hall–Kier alpha value is -2.76. The van der Waals surface area contributed by atoms with Gasteiger partial charge in [-0.25, -0.2) is 14.5 Å². The third kappa shape index (κ3) is 8.12. The Bertz CT molecular complexity index is 1070. The number of carboxylic acids is 1. The molecule has 0 bridgehead atoms. The molecule has 0 amide bonds. The lowest BCUT2D eigenvalue weighted by Gasteiger charge is -2.04. The molecule has 0 saturated carbocycles. The van der Waals surface area contributed by atoms with Gasteiger partial charge in [-0.3, -0.25) is 9.51 Å². The molecule has 0 fully saturated rings. The van der Waals surface area contributed by atoms with E-state index >= 15 is 0 Å². The number of anilines is 1. The molecule has 0 aromatic carbocycles. The van der Waals surface area contributed by atoms with Gasteiger partial charge < -0.3 is 25.4 Å². The van der Waals surface area contributed by atoms with Gasteiger partial charge in [-0.05, 0) is 13.0 Å². The maximum atomic E-state index is 10.7. The van der Waals surface area contributed by atoms with Gasteiger partial charge in [-0.2, -0.15) is 4.57 Å². The van der Waals surface area contributed by atoms with E-state index in [1.54, 1.807) is 19.2 Å². The molecule has 0 spiro atoms. The van der Waals surface area contributed by atoms with Crippen molar-refractivity contribution in [2.75, 3.05) is 12.3 Å². The molecule has 3 heterocycles. The molecule has 0 radical (unpaired) electrons. The molecule has 0 aliphatic carbocycles. The summed E-state index contributed by atoms with van der Waals surface area (Å²) in [6, 6.07) is 2.98. The van der Waals surface area contributed by atoms with Crippen molar-refractivity contribution in [2.45, 2.75) is 26.8 Å². The number of nitrogens with zero attached hydrogens (tertiary/aromatic N) is 4. The van der Waals surface area contributed by atoms with Crippen LogP contribution >= 0.6 is 19.2 Å². The normalized spacial score (nSPS) is 11.0. The lowest BCUT2D eigenvalue weighted by molar-refractivity contribution is -0.689. The summed E-state index contributed by atoms with van der Waals surface area (Å²) in [5.41, 5.74) is 9.75. The number of nitrogen functional groups attached to an aromatic ring is 1. The van der Waals surface area contributed by atoms with Gasteiger partial charge >= 0.3 is 7.82 Å². The van der Waals surface area contributed by atoms with Crippen LogP contribution in [-0.4, -0.2) is 37.3 Å². The fourth-order valence-electron chi connectivity index (χ4n) is 2.41. The second kappa shape index (κ2) is 11.0. The highest BCUT2D eigenvalue weighted by Gasteiger charge is 2.19. The first-order valence-electron chi connectivity index (χ1n) is 8.92. The van der Waals surface area contributed by atoms with Gasteiger partial charge in [-0.1, -0.05) is 17.4 Å². The Morgan fingerprint density at radius 3 is 2.65 bits per heavy atom. The van der Waals surface area contributed by atoms with E-state index in [0.29, 0.717) is 24.6 Å². The van der Waals surface area contributed by atoms with Crippen LogP contribution < -0.4 is 15.4 Å². The first-order valence-corrected chi connectivity index (χ1v) is 11.3. The van der Waals surface area contributed by atoms with E-state index in [-0.39, 0.29) is 12.2 Å². The number of phosphoric ester groups is 1. The third-order valence-electron chi connectivity index (χ3n) is 4.00. The van der Waals surface area contributed by atoms with Gasteiger partial charge in [0.25, 0.3) is 0 Å². The van der Waals surface area contributed by atoms with Crippen LogP contribution in [0.1, 0.15) is 32.3 Å². The van der Waals surface area contributed by atoms with Crippen molar-refractivity contribution >= 4 is 30.9 Å². The van der Waals surface area contributed by atoms with Gasteiger partial charge in [0, 0.05) is 37.5 Å². The summed E-state index contributed by atoms with van der Waals surface area (Å²) in [6.45, 7) is 4.24. The van der Waals surface area contributed by atoms with Gasteiger partial charge in [0.1, 0.15) is 11.6 Å². The predicted octanol–water partition coefficient (Wildman–Crippen LogP) is 0.170. The van der Waals surface area contributed by atoms with Crippen LogP contribution in [0.2, 0.25) is 0 Å². The Labute approximate surface area is 182 Å². The number of hydrogen-bond acceptors (Lipinski definition) is 9. The number of aryl methyl sites for hydroxylation is 1. The second-order valence-corrected chi connectivity index (χ2v) is 8.47. The van der Waals surface area contributed by atoms with Gasteiger partial charge in [-0.15, -0.1) is 0 Å². The van der Waals surface area contributed by atoms with Gasteiger partial charge in [0.15, 0.2) is 12.2 Å². The number of carbonyl (C=O) groups is 1. The SMILES string of the molecule is Cc1ncc(C[n+]2csc(CCOP(=O)(O)O)c2C)c(N)n1.O=C([O-])c1cccnc1. The highest BCUT2D eigenvalue weighted by Crippen LogP contribution is 2.35. The van der Waals surface area contributed by atoms with Crippen LogP contribution in [-0.2, 0) is 22.1 Å². The van der Waals surface area contributed by atoms with Crippen molar-refractivity contribution < 1.29 is 33.3 Å². The Kier molecular flexibility index (Phi) is 8.72. The fraction of sp³-hybridized carbons (Fsp3) is 0.278. The molecule has 4 N–H and O–H groups in total. The highest BCUT2D eigenvalue weighted by molar-refractivity contribution is 7.46. The lowest BCUT2D eigenvalue weighted by atomic mass is 10.2. The summed E-state index contributed by atoms with van der Waals surface area (Å²) < 4.78 is 17.1. The zero-order valence-electron chi connectivity index (χ0n) is 16.8. The monoisotopic (exact) mass is 467 g/mol. The Morgan fingerprint density at radius 1 is 1.35 bits per heavy atom. The largest absolute Gasteiger partial charge is 0.545 e. The number of thiazole rings is 1. The zero-order valence-corrected chi connectivity index (χ0v) is 18.5. The molecule has 3 aromatic heterocycles. The molecule has 31 heavy (non-hydrogen) atoms. The molecule has 0 atom stereocenters.